The van der Waals surface area contributed by atoms with Gasteiger partial charge in [-0.05, 0) is 18.1 Å². The second-order valence-electron chi connectivity index (χ2n) is 4.96. The van der Waals surface area contributed by atoms with Crippen LogP contribution in [-0.2, 0) is 19.6 Å². The lowest BCUT2D eigenvalue weighted by Crippen LogP contribution is -2.06. The number of nitrogens with two attached hydrogens (primary N) is 1. The molecular weight excluding hydrogens is 262 g/mol. The zero-order valence-corrected chi connectivity index (χ0v) is 12.1. The van der Waals surface area contributed by atoms with E-state index in [1.54, 1.807) is 0 Å². The van der Waals surface area contributed by atoms with Crippen LogP contribution in [0.15, 0.2) is 49.2 Å². The van der Waals surface area contributed by atoms with Gasteiger partial charge in [-0.3, -0.25) is 4.68 Å². The average molecular weight is 281 g/mol. The van der Waals surface area contributed by atoms with Crippen LogP contribution in [0.2, 0.25) is 0 Å². The van der Waals surface area contributed by atoms with Crippen LogP contribution in [-0.4, -0.2) is 19.3 Å². The number of hydrogen-bond acceptors (Lipinski definition) is 3. The van der Waals surface area contributed by atoms with E-state index >= 15 is 0 Å². The molecule has 0 radical (unpaired) electrons. The van der Waals surface area contributed by atoms with Gasteiger partial charge in [-0.1, -0.05) is 24.3 Å². The summed E-state index contributed by atoms with van der Waals surface area (Å²) in [4.78, 5) is 4.28. The lowest BCUT2D eigenvalue weighted by Gasteiger charge is -2.10. The fraction of sp³-hybridized carbons (Fsp3) is 0.250. The van der Waals surface area contributed by atoms with Crippen molar-refractivity contribution in [1.29, 1.82) is 0 Å². The van der Waals surface area contributed by atoms with Crippen molar-refractivity contribution >= 4 is 0 Å². The van der Waals surface area contributed by atoms with Gasteiger partial charge in [0.25, 0.3) is 0 Å². The van der Waals surface area contributed by atoms with Gasteiger partial charge in [-0.25, -0.2) is 4.98 Å². The Morgan fingerprint density at radius 2 is 1.95 bits per heavy atom. The first-order valence-corrected chi connectivity index (χ1v) is 7.11. The Balaban J connectivity index is 1.92. The second kappa shape index (κ2) is 5.93. The van der Waals surface area contributed by atoms with E-state index in [1.807, 2.05) is 41.7 Å². The van der Waals surface area contributed by atoms with E-state index in [0.29, 0.717) is 6.54 Å². The third-order valence-corrected chi connectivity index (χ3v) is 3.64. The van der Waals surface area contributed by atoms with Crippen LogP contribution in [0.4, 0.5) is 0 Å². The molecule has 0 bridgehead atoms. The van der Waals surface area contributed by atoms with Gasteiger partial charge in [0.1, 0.15) is 0 Å². The molecule has 0 unspecified atom stereocenters. The minimum absolute atomic E-state index is 0.550. The summed E-state index contributed by atoms with van der Waals surface area (Å²) in [6.07, 6.45) is 7.65. The standard InChI is InChI=1S/C16H19N5/c1-2-21-11-15(8-19-21)16-9-18-12-20(16)10-14-6-4-3-5-13(14)7-17/h3-6,8-9,11-12H,2,7,10,17H2,1H3. The Labute approximate surface area is 124 Å². The Morgan fingerprint density at radius 1 is 1.14 bits per heavy atom. The third-order valence-electron chi connectivity index (χ3n) is 3.64. The number of nitrogens with zero attached hydrogens (tertiary/aromatic N) is 4. The molecule has 3 rings (SSSR count). The van der Waals surface area contributed by atoms with Crippen molar-refractivity contribution < 1.29 is 0 Å². The highest BCUT2D eigenvalue weighted by atomic mass is 15.3. The lowest BCUT2D eigenvalue weighted by atomic mass is 10.1. The molecule has 0 saturated heterocycles. The summed E-state index contributed by atoms with van der Waals surface area (Å²) in [6, 6.07) is 8.24. The average Bonchev–Trinajstić information content (AvgIpc) is 3.16. The van der Waals surface area contributed by atoms with Gasteiger partial charge in [-0.15, -0.1) is 0 Å². The van der Waals surface area contributed by atoms with Crippen LogP contribution in [0, 0.1) is 0 Å². The summed E-state index contributed by atoms with van der Waals surface area (Å²) >= 11 is 0. The molecular formula is C16H19N5. The van der Waals surface area contributed by atoms with Gasteiger partial charge in [0.2, 0.25) is 0 Å². The summed E-state index contributed by atoms with van der Waals surface area (Å²) < 4.78 is 4.05. The molecule has 3 aromatic rings. The second-order valence-corrected chi connectivity index (χ2v) is 4.96. The summed E-state index contributed by atoms with van der Waals surface area (Å²) in [6.45, 7) is 4.25. The fourth-order valence-corrected chi connectivity index (χ4v) is 2.45. The molecule has 2 aromatic heterocycles. The van der Waals surface area contributed by atoms with Crippen molar-refractivity contribution in [2.45, 2.75) is 26.6 Å². The number of hydrogen-bond donors (Lipinski definition) is 1. The summed E-state index contributed by atoms with van der Waals surface area (Å²) in [5.74, 6) is 0. The molecule has 0 aliphatic carbocycles. The minimum Gasteiger partial charge on any atom is -0.326 e. The van der Waals surface area contributed by atoms with E-state index in [9.17, 15) is 0 Å². The van der Waals surface area contributed by atoms with Gasteiger partial charge in [0.15, 0.2) is 0 Å². The lowest BCUT2D eigenvalue weighted by molar-refractivity contribution is 0.660. The number of aryl methyl sites for hydroxylation is 1. The molecule has 2 N–H and O–H groups in total. The molecule has 0 saturated carbocycles. The van der Waals surface area contributed by atoms with Crippen LogP contribution in [0.1, 0.15) is 18.1 Å². The number of benzene rings is 1. The molecule has 21 heavy (non-hydrogen) atoms. The Kier molecular flexibility index (Phi) is 3.83. The monoisotopic (exact) mass is 281 g/mol. The Morgan fingerprint density at radius 3 is 2.67 bits per heavy atom. The maximum absolute atomic E-state index is 5.81. The van der Waals surface area contributed by atoms with Crippen molar-refractivity contribution in [2.75, 3.05) is 0 Å². The number of aromatic nitrogens is 4. The van der Waals surface area contributed by atoms with Crippen LogP contribution in [0.5, 0.6) is 0 Å². The topological polar surface area (TPSA) is 61.7 Å². The molecule has 0 aliphatic rings. The number of rotatable bonds is 5. The van der Waals surface area contributed by atoms with Gasteiger partial charge in [0, 0.05) is 31.4 Å². The highest BCUT2D eigenvalue weighted by Gasteiger charge is 2.09. The molecule has 2 heterocycles. The minimum atomic E-state index is 0.550. The van der Waals surface area contributed by atoms with Crippen molar-refractivity contribution in [1.82, 2.24) is 19.3 Å². The first-order chi connectivity index (χ1) is 10.3. The molecule has 0 aliphatic heterocycles. The highest BCUT2D eigenvalue weighted by molar-refractivity contribution is 5.56. The molecule has 108 valence electrons. The van der Waals surface area contributed by atoms with E-state index < -0.39 is 0 Å². The van der Waals surface area contributed by atoms with Crippen molar-refractivity contribution in [3.05, 3.63) is 60.3 Å². The fourth-order valence-electron chi connectivity index (χ4n) is 2.45. The summed E-state index contributed by atoms with van der Waals surface area (Å²) in [5.41, 5.74) is 10.4. The van der Waals surface area contributed by atoms with Gasteiger partial charge in [0.05, 0.1) is 24.4 Å². The predicted octanol–water partition coefficient (Wildman–Crippen LogP) is 2.27. The van der Waals surface area contributed by atoms with E-state index in [4.69, 9.17) is 5.73 Å². The van der Waals surface area contributed by atoms with Crippen LogP contribution in [0.3, 0.4) is 0 Å². The normalized spacial score (nSPS) is 11.0. The zero-order valence-electron chi connectivity index (χ0n) is 12.1. The predicted molar refractivity (Wildman–Crippen MR) is 82.6 cm³/mol. The molecule has 1 aromatic carbocycles. The molecule has 0 atom stereocenters. The first-order valence-electron chi connectivity index (χ1n) is 7.11. The maximum Gasteiger partial charge on any atom is 0.0954 e. The third kappa shape index (κ3) is 2.73. The van der Waals surface area contributed by atoms with Gasteiger partial charge < -0.3 is 10.3 Å². The SMILES string of the molecule is CCn1cc(-c2cncn2Cc2ccccc2CN)cn1. The van der Waals surface area contributed by atoms with Crippen molar-refractivity contribution in [3.63, 3.8) is 0 Å². The van der Waals surface area contributed by atoms with Crippen molar-refractivity contribution in [3.8, 4) is 11.3 Å². The first kappa shape index (κ1) is 13.6. The quantitative estimate of drug-likeness (QED) is 0.780. The smallest absolute Gasteiger partial charge is 0.0954 e. The molecule has 5 nitrogen and oxygen atoms in total. The highest BCUT2D eigenvalue weighted by Crippen LogP contribution is 2.20. The maximum atomic E-state index is 5.81. The summed E-state index contributed by atoms with van der Waals surface area (Å²) in [5, 5.41) is 4.33. The van der Waals surface area contributed by atoms with E-state index in [0.717, 1.165) is 24.3 Å². The van der Waals surface area contributed by atoms with Gasteiger partial charge >= 0.3 is 0 Å². The van der Waals surface area contributed by atoms with Crippen molar-refractivity contribution in [2.24, 2.45) is 5.73 Å². The number of imidazole rings is 1. The van der Waals surface area contributed by atoms with E-state index in [2.05, 4.69) is 33.7 Å². The molecule has 0 spiro atoms. The van der Waals surface area contributed by atoms with Gasteiger partial charge in [-0.2, -0.15) is 5.10 Å². The van der Waals surface area contributed by atoms with Crippen LogP contribution in [0.25, 0.3) is 11.3 Å². The summed E-state index contributed by atoms with van der Waals surface area (Å²) in [7, 11) is 0. The molecule has 0 fully saturated rings. The molecule has 5 heteroatoms. The van der Waals surface area contributed by atoms with Crippen LogP contribution >= 0.6 is 0 Å². The largest absolute Gasteiger partial charge is 0.326 e. The zero-order chi connectivity index (χ0) is 14.7. The Bertz CT molecular complexity index is 726. The van der Waals surface area contributed by atoms with E-state index in [1.165, 1.54) is 11.1 Å². The van der Waals surface area contributed by atoms with E-state index in [-0.39, 0.29) is 0 Å². The van der Waals surface area contributed by atoms with Crippen LogP contribution < -0.4 is 5.73 Å². The molecule has 0 amide bonds. The Hall–Kier alpha value is -2.40.